The number of piperidine rings is 1. The first-order valence-electron chi connectivity index (χ1n) is 15.2. The van der Waals surface area contributed by atoms with E-state index in [0.717, 1.165) is 25.7 Å². The van der Waals surface area contributed by atoms with Crippen LogP contribution in [0.4, 0.5) is 17.6 Å². The second-order valence-electron chi connectivity index (χ2n) is 11.9. The minimum Gasteiger partial charge on any atom is -0.476 e. The van der Waals surface area contributed by atoms with E-state index < -0.39 is 29.0 Å². The van der Waals surface area contributed by atoms with Crippen molar-refractivity contribution in [3.63, 3.8) is 0 Å². The second kappa shape index (κ2) is 13.5. The van der Waals surface area contributed by atoms with Gasteiger partial charge < -0.3 is 19.6 Å². The summed E-state index contributed by atoms with van der Waals surface area (Å²) in [4.78, 5) is 39.8. The summed E-state index contributed by atoms with van der Waals surface area (Å²) in [7, 11) is 0. The zero-order valence-electron chi connectivity index (χ0n) is 24.9. The number of halogens is 4. The minimum atomic E-state index is -4.96. The first-order chi connectivity index (χ1) is 21.0. The highest BCUT2D eigenvalue weighted by atomic mass is 19.4. The molecule has 44 heavy (non-hydrogen) atoms. The number of benzene rings is 1. The maximum Gasteiger partial charge on any atom is 0.419 e. The van der Waals surface area contributed by atoms with Gasteiger partial charge in [0.15, 0.2) is 0 Å². The number of aromatic amines is 1. The van der Waals surface area contributed by atoms with E-state index in [1.807, 2.05) is 18.4 Å². The van der Waals surface area contributed by atoms with Crippen molar-refractivity contribution in [3.8, 4) is 5.88 Å². The number of H-pyrrole nitrogens is 1. The largest absolute Gasteiger partial charge is 0.476 e. The molecule has 0 atom stereocenters. The van der Waals surface area contributed by atoms with Gasteiger partial charge in [-0.05, 0) is 83.7 Å². The molecule has 2 aromatic heterocycles. The van der Waals surface area contributed by atoms with Gasteiger partial charge in [0.25, 0.3) is 5.91 Å². The number of hydrogen-bond acceptors (Lipinski definition) is 5. The highest BCUT2D eigenvalue weighted by Gasteiger charge is 2.35. The highest BCUT2D eigenvalue weighted by molar-refractivity contribution is 5.95. The van der Waals surface area contributed by atoms with E-state index >= 15 is 0 Å². The molecule has 9 nitrogen and oxygen atoms in total. The van der Waals surface area contributed by atoms with Crippen LogP contribution in [0.1, 0.15) is 80.8 Å². The maximum atomic E-state index is 13.9. The minimum absolute atomic E-state index is 0.00726. The van der Waals surface area contributed by atoms with E-state index in [4.69, 9.17) is 4.74 Å². The molecule has 0 unspecified atom stereocenters. The summed E-state index contributed by atoms with van der Waals surface area (Å²) in [6.07, 6.45) is 2.68. The Hall–Kier alpha value is -3.74. The van der Waals surface area contributed by atoms with E-state index in [2.05, 4.69) is 25.2 Å². The van der Waals surface area contributed by atoms with Crippen molar-refractivity contribution in [3.05, 3.63) is 53.0 Å². The number of rotatable bonds is 8. The fraction of sp³-hybridized carbons (Fsp3) is 0.548. The van der Waals surface area contributed by atoms with Gasteiger partial charge in [-0.25, -0.2) is 9.37 Å². The van der Waals surface area contributed by atoms with Crippen LogP contribution in [0, 0.1) is 11.7 Å². The summed E-state index contributed by atoms with van der Waals surface area (Å²) < 4.78 is 61.6. The molecule has 1 aliphatic carbocycles. The molecule has 2 aliphatic rings. The molecule has 238 valence electrons. The number of hydrogen-bond donors (Lipinski definition) is 2. The number of carbonyl (C=O) groups is 2. The lowest BCUT2D eigenvalue weighted by Crippen LogP contribution is -2.38. The Kier molecular flexibility index (Phi) is 9.72. The van der Waals surface area contributed by atoms with Crippen molar-refractivity contribution >= 4 is 22.8 Å². The summed E-state index contributed by atoms with van der Waals surface area (Å²) in [6, 6.07) is 3.72. The Morgan fingerprint density at radius 3 is 2.52 bits per heavy atom. The normalized spacial score (nSPS) is 20.3. The lowest BCUT2D eigenvalue weighted by molar-refractivity contribution is -0.140. The van der Waals surface area contributed by atoms with Gasteiger partial charge in [0.2, 0.25) is 17.4 Å². The standard InChI is InChI=1S/C31H38F4N6O3/c1-19(2)37-28(42)20-6-9-22(10-7-20)41-26-17-27(44-15-14-40-12-4-3-5-13-40)36-18-25(26)38-30(41)39-29(43)21-8-11-24(32)23(16-21)31(33,34)35/h8,11,16-20,22H,3-7,9-10,12-15H2,1-2H3,(H,37,42)(H,38,39,43). The summed E-state index contributed by atoms with van der Waals surface area (Å²) in [5.41, 5.74) is -0.556. The van der Waals surface area contributed by atoms with E-state index in [1.54, 1.807) is 12.3 Å². The number of ether oxygens (including phenoxy) is 1. The van der Waals surface area contributed by atoms with Crippen LogP contribution in [-0.4, -0.2) is 63.5 Å². The average Bonchev–Trinajstić information content (AvgIpc) is 3.34. The predicted molar refractivity (Wildman–Crippen MR) is 155 cm³/mol. The zero-order valence-corrected chi connectivity index (χ0v) is 24.9. The fourth-order valence-corrected chi connectivity index (χ4v) is 6.04. The quantitative estimate of drug-likeness (QED) is 0.330. The Morgan fingerprint density at radius 1 is 1.11 bits per heavy atom. The van der Waals surface area contributed by atoms with E-state index in [-0.39, 0.29) is 29.5 Å². The highest BCUT2D eigenvalue weighted by Crippen LogP contribution is 2.34. The Morgan fingerprint density at radius 2 is 1.84 bits per heavy atom. The Bertz CT molecular complexity index is 1550. The first kappa shape index (κ1) is 31.7. The number of nitrogens with zero attached hydrogens (tertiary/aromatic N) is 4. The van der Waals surface area contributed by atoms with Crippen LogP contribution in [-0.2, 0) is 11.0 Å². The molecule has 1 aliphatic heterocycles. The molecule has 3 heterocycles. The van der Waals surface area contributed by atoms with Gasteiger partial charge in [-0.15, -0.1) is 0 Å². The molecule has 2 N–H and O–H groups in total. The number of nitrogens with one attached hydrogen (secondary N) is 2. The van der Waals surface area contributed by atoms with Crippen molar-refractivity contribution in [1.29, 1.82) is 0 Å². The van der Waals surface area contributed by atoms with Gasteiger partial charge >= 0.3 is 6.18 Å². The third-order valence-electron chi connectivity index (χ3n) is 8.29. The van der Waals surface area contributed by atoms with Gasteiger partial charge in [-0.2, -0.15) is 18.2 Å². The van der Waals surface area contributed by atoms with E-state index in [9.17, 15) is 27.2 Å². The smallest absolute Gasteiger partial charge is 0.419 e. The zero-order chi connectivity index (χ0) is 31.4. The summed E-state index contributed by atoms with van der Waals surface area (Å²) >= 11 is 0. The van der Waals surface area contributed by atoms with Crippen molar-refractivity contribution in [2.75, 3.05) is 26.2 Å². The summed E-state index contributed by atoms with van der Waals surface area (Å²) in [5.74, 6) is -2.15. The van der Waals surface area contributed by atoms with Crippen LogP contribution in [0.2, 0.25) is 0 Å². The molecule has 0 radical (unpaired) electrons. The van der Waals surface area contributed by atoms with Crippen LogP contribution in [0.15, 0.2) is 35.5 Å². The van der Waals surface area contributed by atoms with Crippen molar-refractivity contribution in [1.82, 2.24) is 24.8 Å². The molecule has 3 aromatic rings. The van der Waals surface area contributed by atoms with Crippen molar-refractivity contribution in [2.45, 2.75) is 77.1 Å². The molecular formula is C31H38F4N6O3. The molecule has 2 amide bonds. The molecule has 1 saturated heterocycles. The van der Waals surface area contributed by atoms with Gasteiger partial charge in [0.1, 0.15) is 12.4 Å². The number of likely N-dealkylation sites (tertiary alicyclic amines) is 1. The second-order valence-corrected chi connectivity index (χ2v) is 11.9. The van der Waals surface area contributed by atoms with Crippen molar-refractivity contribution in [2.24, 2.45) is 10.9 Å². The molecule has 1 aromatic carbocycles. The topological polar surface area (TPSA) is 105 Å². The third kappa shape index (κ3) is 7.48. The number of aromatic nitrogens is 3. The monoisotopic (exact) mass is 618 g/mol. The molecule has 13 heteroatoms. The molecular weight excluding hydrogens is 580 g/mol. The van der Waals surface area contributed by atoms with Crippen LogP contribution in [0.5, 0.6) is 5.88 Å². The number of alkyl halides is 3. The lowest BCUT2D eigenvalue weighted by Gasteiger charge is -2.29. The lowest BCUT2D eigenvalue weighted by atomic mass is 9.85. The van der Waals surface area contributed by atoms with Crippen LogP contribution in [0.25, 0.3) is 11.0 Å². The molecule has 1 saturated carbocycles. The SMILES string of the molecule is CC(C)NC(=O)C1CCC(n2/c(=N/C(=O)c3ccc(F)c(C(F)(F)F)c3)[nH]c3cnc(OCCN4CCCCC4)cc32)CC1. The number of fused-ring (bicyclic) bond motifs is 1. The van der Waals surface area contributed by atoms with E-state index in [1.165, 1.54) is 19.3 Å². The van der Waals surface area contributed by atoms with Crippen molar-refractivity contribution < 1.29 is 31.9 Å². The average molecular weight is 619 g/mol. The molecule has 5 rings (SSSR count). The van der Waals surface area contributed by atoms with E-state index in [0.29, 0.717) is 61.3 Å². The summed E-state index contributed by atoms with van der Waals surface area (Å²) in [6.45, 7) is 7.15. The van der Waals surface area contributed by atoms with Crippen LogP contribution >= 0.6 is 0 Å². The molecule has 2 fully saturated rings. The number of pyridine rings is 1. The van der Waals surface area contributed by atoms with Gasteiger partial charge in [-0.3, -0.25) is 14.5 Å². The van der Waals surface area contributed by atoms with Crippen LogP contribution in [0.3, 0.4) is 0 Å². The Labute approximate surface area is 252 Å². The summed E-state index contributed by atoms with van der Waals surface area (Å²) in [5, 5.41) is 2.97. The van der Waals surface area contributed by atoms with Crippen LogP contribution < -0.4 is 15.7 Å². The molecule has 0 bridgehead atoms. The molecule has 0 spiro atoms. The number of imidazole rings is 1. The Balaban J connectivity index is 1.45. The van der Waals surface area contributed by atoms with Gasteiger partial charge in [0.05, 0.1) is 22.8 Å². The van der Waals surface area contributed by atoms with Gasteiger partial charge in [-0.1, -0.05) is 6.42 Å². The fourth-order valence-electron chi connectivity index (χ4n) is 6.04. The maximum absolute atomic E-state index is 13.9. The first-order valence-corrected chi connectivity index (χ1v) is 15.2. The third-order valence-corrected chi connectivity index (χ3v) is 8.29. The number of carbonyl (C=O) groups excluding carboxylic acids is 2. The van der Waals surface area contributed by atoms with Gasteiger partial charge in [0, 0.05) is 36.2 Å². The number of amides is 2. The predicted octanol–water partition coefficient (Wildman–Crippen LogP) is 5.38.